The molecular weight excluding hydrogens is 458 g/mol. The van der Waals surface area contributed by atoms with Gasteiger partial charge >= 0.3 is 12.3 Å². The van der Waals surface area contributed by atoms with Crippen LogP contribution in [-0.4, -0.2) is 56.1 Å². The molecule has 0 radical (unpaired) electrons. The predicted octanol–water partition coefficient (Wildman–Crippen LogP) is 4.17. The summed E-state index contributed by atoms with van der Waals surface area (Å²) >= 11 is 0. The first kappa shape index (κ1) is 25.5. The molecule has 2 atom stereocenters. The Morgan fingerprint density at radius 1 is 1.18 bits per heavy atom. The van der Waals surface area contributed by atoms with Crippen molar-refractivity contribution < 1.29 is 37.0 Å². The number of carbonyl (C=O) groups is 2. The van der Waals surface area contributed by atoms with Crippen molar-refractivity contribution >= 4 is 11.9 Å². The van der Waals surface area contributed by atoms with Crippen molar-refractivity contribution in [3.63, 3.8) is 0 Å². The van der Waals surface area contributed by atoms with Crippen LogP contribution in [0.15, 0.2) is 30.6 Å². The number of benzene rings is 1. The molecule has 34 heavy (non-hydrogen) atoms. The first-order valence-corrected chi connectivity index (χ1v) is 10.6. The van der Waals surface area contributed by atoms with Gasteiger partial charge in [-0.15, -0.1) is 0 Å². The summed E-state index contributed by atoms with van der Waals surface area (Å²) in [6.45, 7) is 5.28. The minimum absolute atomic E-state index is 0.0567. The minimum Gasteiger partial charge on any atom is -0.444 e. The van der Waals surface area contributed by atoms with Crippen molar-refractivity contribution in [1.29, 1.82) is 0 Å². The van der Waals surface area contributed by atoms with E-state index in [1.54, 1.807) is 20.8 Å². The number of aryl methyl sites for hydroxylation is 1. The average molecular weight is 483 g/mol. The molecule has 1 aliphatic rings. The molecule has 1 aromatic carbocycles. The highest BCUT2D eigenvalue weighted by Crippen LogP contribution is 2.33. The molecule has 0 bridgehead atoms. The number of likely N-dealkylation sites (tertiary alicyclic amines) is 1. The van der Waals surface area contributed by atoms with Crippen LogP contribution in [0.3, 0.4) is 0 Å². The Labute approximate surface area is 193 Å². The van der Waals surface area contributed by atoms with Crippen LogP contribution < -0.4 is 0 Å². The number of Topliss-reactive ketones (excluding diaryl/α,β-unsaturated/α-hetero) is 1. The number of aromatic nitrogens is 2. The summed E-state index contributed by atoms with van der Waals surface area (Å²) in [4.78, 5) is 34.5. The van der Waals surface area contributed by atoms with Gasteiger partial charge in [0.05, 0.1) is 17.4 Å². The van der Waals surface area contributed by atoms with E-state index in [0.29, 0.717) is 11.8 Å². The summed E-state index contributed by atoms with van der Waals surface area (Å²) in [5, 5.41) is 10.3. The number of halogens is 4. The van der Waals surface area contributed by atoms with E-state index >= 15 is 0 Å². The lowest BCUT2D eigenvalue weighted by atomic mass is 10.0. The molecule has 1 amide bonds. The van der Waals surface area contributed by atoms with Crippen molar-refractivity contribution in [1.82, 2.24) is 14.9 Å². The first-order valence-electron chi connectivity index (χ1n) is 10.6. The molecule has 184 valence electrons. The molecule has 0 spiro atoms. The number of aliphatic hydroxyl groups excluding tert-OH is 1. The van der Waals surface area contributed by atoms with E-state index in [4.69, 9.17) is 4.74 Å². The minimum atomic E-state index is -4.81. The molecule has 0 saturated carbocycles. The Hall–Kier alpha value is -3.08. The van der Waals surface area contributed by atoms with Crippen LogP contribution in [0.1, 0.15) is 44.9 Å². The highest BCUT2D eigenvalue weighted by molar-refractivity contribution is 5.88. The van der Waals surface area contributed by atoms with Gasteiger partial charge in [-0.1, -0.05) is 6.07 Å². The summed E-state index contributed by atoms with van der Waals surface area (Å²) in [5.74, 6) is -1.80. The van der Waals surface area contributed by atoms with E-state index in [1.807, 2.05) is 0 Å². The maximum Gasteiger partial charge on any atom is 0.419 e. The van der Waals surface area contributed by atoms with Gasteiger partial charge in [-0.3, -0.25) is 9.69 Å². The molecule has 1 fully saturated rings. The summed E-state index contributed by atoms with van der Waals surface area (Å²) in [5.41, 5.74) is -1.41. The van der Waals surface area contributed by atoms with Gasteiger partial charge in [0.25, 0.3) is 0 Å². The fourth-order valence-corrected chi connectivity index (χ4v) is 3.69. The van der Waals surface area contributed by atoms with Crippen LogP contribution in [0.25, 0.3) is 11.3 Å². The summed E-state index contributed by atoms with van der Waals surface area (Å²) in [6, 6.07) is 2.90. The lowest BCUT2D eigenvalue weighted by Gasteiger charge is -2.28. The van der Waals surface area contributed by atoms with E-state index in [-0.39, 0.29) is 42.8 Å². The number of hydrogen-bond donors (Lipinski definition) is 1. The lowest BCUT2D eigenvalue weighted by Crippen LogP contribution is -2.47. The average Bonchev–Trinajstić information content (AvgIpc) is 3.12. The second-order valence-corrected chi connectivity index (χ2v) is 9.03. The number of hydrogen-bond acceptors (Lipinski definition) is 6. The summed E-state index contributed by atoms with van der Waals surface area (Å²) in [6.07, 6.45) is -5.03. The Kier molecular flexibility index (Phi) is 7.25. The van der Waals surface area contributed by atoms with Gasteiger partial charge in [0.1, 0.15) is 23.8 Å². The third-order valence-electron chi connectivity index (χ3n) is 5.25. The number of amides is 1. The Morgan fingerprint density at radius 3 is 2.50 bits per heavy atom. The molecule has 11 heteroatoms. The molecule has 0 aliphatic carbocycles. The van der Waals surface area contributed by atoms with Crippen molar-refractivity contribution in [3.8, 4) is 11.3 Å². The quantitative estimate of drug-likeness (QED) is 0.642. The molecule has 2 heterocycles. The highest BCUT2D eigenvalue weighted by atomic mass is 19.4. The van der Waals surface area contributed by atoms with E-state index in [1.165, 1.54) is 17.3 Å². The molecule has 1 N–H and O–H groups in total. The van der Waals surface area contributed by atoms with Gasteiger partial charge in [0.15, 0.2) is 5.78 Å². The number of nitrogens with zero attached hydrogens (tertiary/aromatic N) is 3. The predicted molar refractivity (Wildman–Crippen MR) is 113 cm³/mol. The second-order valence-electron chi connectivity index (χ2n) is 9.03. The zero-order valence-electron chi connectivity index (χ0n) is 18.9. The standard InChI is InChI=1S/C23H25F4N3O4/c1-22(2,3)34-21(33)30-9-8-19(32)20(30)18(31)7-5-14-11-17(29-12-28-14)13-4-6-15(16(24)10-13)23(25,26)27/h4,6,10-12,19-20,32H,5,7-9H2,1-3H3/t19-,20-/m1/s1. The SMILES string of the molecule is CC(C)(C)OC(=O)N1CC[C@@H](O)[C@H]1C(=O)CCc1cc(-c2ccc(C(F)(F)F)c(F)c2)ncn1. The molecule has 1 saturated heterocycles. The van der Waals surface area contributed by atoms with Crippen LogP contribution in [0.5, 0.6) is 0 Å². The molecule has 1 aromatic heterocycles. The smallest absolute Gasteiger partial charge is 0.419 e. The number of ether oxygens (including phenoxy) is 1. The molecule has 2 aromatic rings. The lowest BCUT2D eigenvalue weighted by molar-refractivity contribution is -0.140. The van der Waals surface area contributed by atoms with Crippen LogP contribution in [0.4, 0.5) is 22.4 Å². The monoisotopic (exact) mass is 483 g/mol. The van der Waals surface area contributed by atoms with Gasteiger partial charge in [0.2, 0.25) is 0 Å². The number of aliphatic hydroxyl groups is 1. The zero-order chi connectivity index (χ0) is 25.3. The number of alkyl halides is 3. The van der Waals surface area contributed by atoms with Crippen LogP contribution in [0.2, 0.25) is 0 Å². The normalized spacial score (nSPS) is 18.8. The summed E-state index contributed by atoms with van der Waals surface area (Å²) in [7, 11) is 0. The Bertz CT molecular complexity index is 1070. The van der Waals surface area contributed by atoms with E-state index in [2.05, 4.69) is 9.97 Å². The third-order valence-corrected chi connectivity index (χ3v) is 5.25. The van der Waals surface area contributed by atoms with Crippen molar-refractivity contribution in [3.05, 3.63) is 47.7 Å². The topological polar surface area (TPSA) is 92.6 Å². The molecule has 1 aliphatic heterocycles. The second kappa shape index (κ2) is 9.65. The fraction of sp³-hybridized carbons (Fsp3) is 0.478. The largest absolute Gasteiger partial charge is 0.444 e. The molecular formula is C23H25F4N3O4. The maximum absolute atomic E-state index is 13.9. The maximum atomic E-state index is 13.9. The number of carbonyl (C=O) groups excluding carboxylic acids is 2. The first-order chi connectivity index (χ1) is 15.8. The van der Waals surface area contributed by atoms with E-state index < -0.39 is 41.4 Å². The van der Waals surface area contributed by atoms with E-state index in [9.17, 15) is 32.3 Å². The van der Waals surface area contributed by atoms with Gasteiger partial charge in [-0.25, -0.2) is 19.2 Å². The Balaban J connectivity index is 1.70. The number of rotatable bonds is 5. The van der Waals surface area contributed by atoms with Crippen molar-refractivity contribution in [2.45, 2.75) is 64.0 Å². The zero-order valence-corrected chi connectivity index (χ0v) is 18.9. The number of ketones is 1. The van der Waals surface area contributed by atoms with Crippen molar-refractivity contribution in [2.75, 3.05) is 6.54 Å². The molecule has 7 nitrogen and oxygen atoms in total. The summed E-state index contributed by atoms with van der Waals surface area (Å²) < 4.78 is 57.6. The van der Waals surface area contributed by atoms with Gasteiger partial charge in [-0.05, 0) is 51.8 Å². The van der Waals surface area contributed by atoms with Crippen molar-refractivity contribution in [2.24, 2.45) is 0 Å². The van der Waals surface area contributed by atoms with Gasteiger partial charge in [0, 0.05) is 24.2 Å². The third kappa shape index (κ3) is 6.07. The van der Waals surface area contributed by atoms with Crippen LogP contribution in [-0.2, 0) is 22.1 Å². The van der Waals surface area contributed by atoms with Gasteiger partial charge in [-0.2, -0.15) is 13.2 Å². The molecule has 0 unspecified atom stereocenters. The fourth-order valence-electron chi connectivity index (χ4n) is 3.69. The molecule has 3 rings (SSSR count). The van der Waals surface area contributed by atoms with Crippen LogP contribution in [0, 0.1) is 5.82 Å². The van der Waals surface area contributed by atoms with E-state index in [0.717, 1.165) is 12.1 Å². The highest BCUT2D eigenvalue weighted by Gasteiger charge is 2.42. The van der Waals surface area contributed by atoms with Crippen LogP contribution >= 0.6 is 0 Å². The van der Waals surface area contributed by atoms with Gasteiger partial charge < -0.3 is 9.84 Å². The Morgan fingerprint density at radius 2 is 1.88 bits per heavy atom.